The molecule has 0 spiro atoms. The molecule has 0 saturated carbocycles. The Labute approximate surface area is 176 Å². The van der Waals surface area contributed by atoms with E-state index in [0.717, 1.165) is 29.8 Å². The van der Waals surface area contributed by atoms with Crippen molar-refractivity contribution >= 4 is 21.8 Å². The molecule has 9 heteroatoms. The molecule has 0 unspecified atom stereocenters. The first-order valence-corrected chi connectivity index (χ1v) is 10.9. The van der Waals surface area contributed by atoms with Gasteiger partial charge in [-0.05, 0) is 53.8 Å². The second-order valence-electron chi connectivity index (χ2n) is 7.78. The van der Waals surface area contributed by atoms with Crippen LogP contribution in [0, 0.1) is 5.82 Å². The van der Waals surface area contributed by atoms with E-state index in [-0.39, 0.29) is 29.7 Å². The molecule has 2 rings (SSSR count). The molecule has 3 N–H and O–H groups in total. The van der Waals surface area contributed by atoms with Crippen LogP contribution in [0.1, 0.15) is 49.5 Å². The van der Waals surface area contributed by atoms with Gasteiger partial charge in [0.2, 0.25) is 15.9 Å². The van der Waals surface area contributed by atoms with E-state index in [2.05, 4.69) is 36.3 Å². The third-order valence-corrected chi connectivity index (χ3v) is 5.80. The fraction of sp³-hybridized carbons (Fsp3) is 0.333. The summed E-state index contributed by atoms with van der Waals surface area (Å²) in [7, 11) is -3.77. The predicted octanol–water partition coefficient (Wildman–Crippen LogP) is 2.64. The van der Waals surface area contributed by atoms with E-state index in [1.807, 2.05) is 12.1 Å². The summed E-state index contributed by atoms with van der Waals surface area (Å²) in [6, 6.07) is 11.5. The molecular weight excluding hydrogens is 409 g/mol. The van der Waals surface area contributed by atoms with Crippen LogP contribution in [0.3, 0.4) is 0 Å². The van der Waals surface area contributed by atoms with Crippen molar-refractivity contribution in [2.24, 2.45) is 0 Å². The molecule has 0 aliphatic carbocycles. The lowest BCUT2D eigenvalue weighted by molar-refractivity contribution is -0.121. The summed E-state index contributed by atoms with van der Waals surface area (Å²) < 4.78 is 39.3. The van der Waals surface area contributed by atoms with E-state index in [4.69, 9.17) is 0 Å². The van der Waals surface area contributed by atoms with Crippen molar-refractivity contribution in [2.45, 2.75) is 43.9 Å². The van der Waals surface area contributed by atoms with Crippen LogP contribution in [-0.4, -0.2) is 26.8 Å². The van der Waals surface area contributed by atoms with E-state index in [1.165, 1.54) is 0 Å². The molecular formula is C21H26FN3O4S. The fourth-order valence-corrected chi connectivity index (χ4v) is 3.61. The molecule has 0 aliphatic heterocycles. The highest BCUT2D eigenvalue weighted by atomic mass is 32.2. The number of carbonyl (C=O) groups is 2. The fourth-order valence-electron chi connectivity index (χ4n) is 2.54. The van der Waals surface area contributed by atoms with Crippen molar-refractivity contribution < 1.29 is 22.4 Å². The summed E-state index contributed by atoms with van der Waals surface area (Å²) in [5.74, 6) is -1.42. The molecule has 2 amide bonds. The lowest BCUT2D eigenvalue weighted by Crippen LogP contribution is -2.41. The largest absolute Gasteiger partial charge is 0.273 e. The molecule has 0 fully saturated rings. The number of sulfonamides is 1. The molecule has 7 nitrogen and oxygen atoms in total. The van der Waals surface area contributed by atoms with Crippen molar-refractivity contribution in [2.75, 3.05) is 6.54 Å². The van der Waals surface area contributed by atoms with Crippen LogP contribution < -0.4 is 15.6 Å². The van der Waals surface area contributed by atoms with Gasteiger partial charge in [-0.2, -0.15) is 0 Å². The average Bonchev–Trinajstić information content (AvgIpc) is 2.69. The number of nitrogens with one attached hydrogen (secondary N) is 3. The maximum absolute atomic E-state index is 12.9. The molecule has 2 aromatic carbocycles. The molecule has 30 heavy (non-hydrogen) atoms. The normalized spacial score (nSPS) is 11.7. The van der Waals surface area contributed by atoms with Crippen LogP contribution in [0.15, 0.2) is 53.4 Å². The number of benzene rings is 2. The standard InChI is InChI=1S/C21H26FN3O4S/c1-21(2,3)16-8-6-15(7-9-16)20(27)25-24-19(26)5-4-14-23-30(28,29)18-12-10-17(22)11-13-18/h6-13,23H,4-5,14H2,1-3H3,(H,24,26)(H,25,27). The topological polar surface area (TPSA) is 104 Å². The number of rotatable bonds is 7. The van der Waals surface area contributed by atoms with E-state index in [9.17, 15) is 22.4 Å². The molecule has 0 atom stereocenters. The first-order chi connectivity index (χ1) is 14.0. The Morgan fingerprint density at radius 2 is 1.53 bits per heavy atom. The minimum atomic E-state index is -3.77. The van der Waals surface area contributed by atoms with Crippen molar-refractivity contribution in [1.82, 2.24) is 15.6 Å². The van der Waals surface area contributed by atoms with Gasteiger partial charge >= 0.3 is 0 Å². The van der Waals surface area contributed by atoms with E-state index < -0.39 is 27.7 Å². The minimum absolute atomic E-state index is 0.00911. The van der Waals surface area contributed by atoms with E-state index >= 15 is 0 Å². The Kier molecular flexibility index (Phi) is 7.69. The zero-order valence-electron chi connectivity index (χ0n) is 17.2. The van der Waals surface area contributed by atoms with Crippen molar-refractivity contribution in [3.05, 3.63) is 65.5 Å². The average molecular weight is 436 g/mol. The lowest BCUT2D eigenvalue weighted by Gasteiger charge is -2.19. The number of hydrogen-bond donors (Lipinski definition) is 3. The van der Waals surface area contributed by atoms with E-state index in [0.29, 0.717) is 5.56 Å². The van der Waals surface area contributed by atoms with Crippen molar-refractivity contribution in [3.63, 3.8) is 0 Å². The Morgan fingerprint density at radius 1 is 0.933 bits per heavy atom. The molecule has 0 bridgehead atoms. The first-order valence-electron chi connectivity index (χ1n) is 9.44. The van der Waals surface area contributed by atoms with Gasteiger partial charge in [-0.15, -0.1) is 0 Å². The van der Waals surface area contributed by atoms with Gasteiger partial charge in [-0.3, -0.25) is 20.4 Å². The van der Waals surface area contributed by atoms with E-state index in [1.54, 1.807) is 12.1 Å². The number of amides is 2. The minimum Gasteiger partial charge on any atom is -0.273 e. The quantitative estimate of drug-likeness (QED) is 0.459. The molecule has 0 aliphatic rings. The summed E-state index contributed by atoms with van der Waals surface area (Å²) in [4.78, 5) is 23.9. The third-order valence-electron chi connectivity index (χ3n) is 4.33. The van der Waals surface area contributed by atoms with Gasteiger partial charge in [0.15, 0.2) is 0 Å². The Balaban J connectivity index is 1.73. The van der Waals surface area contributed by atoms with Crippen LogP contribution in [0.25, 0.3) is 0 Å². The number of hydrazine groups is 1. The highest BCUT2D eigenvalue weighted by Gasteiger charge is 2.15. The molecule has 0 heterocycles. The van der Waals surface area contributed by atoms with Gasteiger partial charge in [-0.1, -0.05) is 32.9 Å². The van der Waals surface area contributed by atoms with Gasteiger partial charge in [-0.25, -0.2) is 17.5 Å². The SMILES string of the molecule is CC(C)(C)c1ccc(C(=O)NNC(=O)CCCNS(=O)(=O)c2ccc(F)cc2)cc1. The monoisotopic (exact) mass is 435 g/mol. The highest BCUT2D eigenvalue weighted by Crippen LogP contribution is 2.22. The summed E-state index contributed by atoms with van der Waals surface area (Å²) in [5.41, 5.74) is 6.11. The summed E-state index contributed by atoms with van der Waals surface area (Å²) in [6.07, 6.45) is 0.234. The molecule has 0 aromatic heterocycles. The Hall–Kier alpha value is -2.78. The third kappa shape index (κ3) is 6.93. The summed E-state index contributed by atoms with van der Waals surface area (Å²) in [6.45, 7) is 6.24. The number of halogens is 1. The maximum atomic E-state index is 12.9. The summed E-state index contributed by atoms with van der Waals surface area (Å²) >= 11 is 0. The molecule has 2 aromatic rings. The molecule has 162 valence electrons. The molecule has 0 radical (unpaired) electrons. The van der Waals surface area contributed by atoms with Gasteiger partial charge in [0.05, 0.1) is 4.90 Å². The maximum Gasteiger partial charge on any atom is 0.269 e. The Morgan fingerprint density at radius 3 is 2.10 bits per heavy atom. The second-order valence-corrected chi connectivity index (χ2v) is 9.55. The number of carbonyl (C=O) groups excluding carboxylic acids is 2. The number of hydrogen-bond acceptors (Lipinski definition) is 4. The Bertz CT molecular complexity index is 982. The summed E-state index contributed by atoms with van der Waals surface area (Å²) in [5, 5.41) is 0. The van der Waals surface area contributed by atoms with Gasteiger partial charge < -0.3 is 0 Å². The van der Waals surface area contributed by atoms with Crippen LogP contribution in [-0.2, 0) is 20.2 Å². The van der Waals surface area contributed by atoms with Crippen molar-refractivity contribution in [1.29, 1.82) is 0 Å². The second kappa shape index (κ2) is 9.82. The predicted molar refractivity (Wildman–Crippen MR) is 112 cm³/mol. The van der Waals surface area contributed by atoms with Gasteiger partial charge in [0.1, 0.15) is 5.82 Å². The van der Waals surface area contributed by atoms with Crippen LogP contribution in [0.2, 0.25) is 0 Å². The van der Waals surface area contributed by atoms with Crippen molar-refractivity contribution in [3.8, 4) is 0 Å². The zero-order valence-corrected chi connectivity index (χ0v) is 18.0. The van der Waals surface area contributed by atoms with Crippen LogP contribution in [0.4, 0.5) is 4.39 Å². The lowest BCUT2D eigenvalue weighted by atomic mass is 9.87. The highest BCUT2D eigenvalue weighted by molar-refractivity contribution is 7.89. The molecule has 0 saturated heterocycles. The van der Waals surface area contributed by atoms with Gasteiger partial charge in [0, 0.05) is 18.5 Å². The van der Waals surface area contributed by atoms with Crippen LogP contribution in [0.5, 0.6) is 0 Å². The first kappa shape index (κ1) is 23.5. The zero-order chi connectivity index (χ0) is 22.4. The van der Waals surface area contributed by atoms with Crippen LogP contribution >= 0.6 is 0 Å². The smallest absolute Gasteiger partial charge is 0.269 e. The van der Waals surface area contributed by atoms with Gasteiger partial charge in [0.25, 0.3) is 5.91 Å².